The van der Waals surface area contributed by atoms with Crippen molar-refractivity contribution in [1.82, 2.24) is 10.2 Å². The summed E-state index contributed by atoms with van der Waals surface area (Å²) in [6.45, 7) is 2.12. The van der Waals surface area contributed by atoms with Crippen LogP contribution in [0.15, 0.2) is 9.69 Å². The summed E-state index contributed by atoms with van der Waals surface area (Å²) < 4.78 is 0.499. The number of fused-ring (bicyclic) bond motifs is 1. The Balaban J connectivity index is 2.45. The lowest BCUT2D eigenvalue weighted by Gasteiger charge is -2.14. The van der Waals surface area contributed by atoms with Gasteiger partial charge in [0.25, 0.3) is 5.56 Å². The first-order valence-corrected chi connectivity index (χ1v) is 5.28. The van der Waals surface area contributed by atoms with Gasteiger partial charge >= 0.3 is 0 Å². The van der Waals surface area contributed by atoms with E-state index in [-0.39, 0.29) is 5.56 Å². The van der Waals surface area contributed by atoms with Gasteiger partial charge in [0.2, 0.25) is 0 Å². The maximum atomic E-state index is 11.1. The Morgan fingerprint density at radius 2 is 2.36 bits per heavy atom. The standard InChI is InChI=1S/C6H8N2OS2/c1-3-10-2-4-5(11-3)6(9)8-7-4/h3H,2H2,1H3,(H2,7,8,9)/t3-/m0/s1. The summed E-state index contributed by atoms with van der Waals surface area (Å²) in [6, 6.07) is 0. The molecule has 0 saturated carbocycles. The molecule has 0 unspecified atom stereocenters. The zero-order valence-corrected chi connectivity index (χ0v) is 7.64. The first kappa shape index (κ1) is 7.36. The number of nitrogens with one attached hydrogen (secondary N) is 2. The molecule has 0 spiro atoms. The summed E-state index contributed by atoms with van der Waals surface area (Å²) in [5.74, 6) is 0.919. The fourth-order valence-electron chi connectivity index (χ4n) is 1.01. The molecule has 1 aliphatic heterocycles. The third kappa shape index (κ3) is 1.22. The summed E-state index contributed by atoms with van der Waals surface area (Å²) in [7, 11) is 0. The van der Waals surface area contributed by atoms with Crippen molar-refractivity contribution < 1.29 is 0 Å². The van der Waals surface area contributed by atoms with Crippen LogP contribution in [0.4, 0.5) is 0 Å². The predicted octanol–water partition coefficient (Wildman–Crippen LogP) is 1.39. The van der Waals surface area contributed by atoms with E-state index in [1.807, 2.05) is 11.8 Å². The summed E-state index contributed by atoms with van der Waals surface area (Å²) >= 11 is 3.48. The van der Waals surface area contributed by atoms with Crippen LogP contribution in [0.5, 0.6) is 0 Å². The second kappa shape index (κ2) is 2.64. The van der Waals surface area contributed by atoms with Crippen LogP contribution in [0, 0.1) is 0 Å². The number of rotatable bonds is 0. The van der Waals surface area contributed by atoms with Gasteiger partial charge in [-0.25, -0.2) is 0 Å². The summed E-state index contributed by atoms with van der Waals surface area (Å²) in [5.41, 5.74) is 1.07. The largest absolute Gasteiger partial charge is 0.300 e. The first-order valence-electron chi connectivity index (χ1n) is 3.35. The molecule has 0 amide bonds. The molecule has 1 atom stereocenters. The highest BCUT2D eigenvalue weighted by molar-refractivity contribution is 8.17. The van der Waals surface area contributed by atoms with E-state index >= 15 is 0 Å². The van der Waals surface area contributed by atoms with E-state index in [0.717, 1.165) is 16.3 Å². The second-order valence-corrected chi connectivity index (χ2v) is 5.36. The third-order valence-electron chi connectivity index (χ3n) is 1.55. The summed E-state index contributed by atoms with van der Waals surface area (Å²) in [6.07, 6.45) is 0. The van der Waals surface area contributed by atoms with Gasteiger partial charge in [0.15, 0.2) is 0 Å². The predicted molar refractivity (Wildman–Crippen MR) is 48.0 cm³/mol. The molecular weight excluding hydrogens is 180 g/mol. The molecule has 0 saturated heterocycles. The molecular formula is C6H8N2OS2. The van der Waals surface area contributed by atoms with Crippen molar-refractivity contribution in [2.24, 2.45) is 0 Å². The average Bonchev–Trinajstić information content (AvgIpc) is 2.33. The van der Waals surface area contributed by atoms with E-state index < -0.39 is 0 Å². The molecule has 2 rings (SSSR count). The number of H-pyrrole nitrogens is 2. The van der Waals surface area contributed by atoms with Crippen molar-refractivity contribution in [1.29, 1.82) is 0 Å². The molecule has 11 heavy (non-hydrogen) atoms. The molecule has 1 aromatic rings. The molecule has 0 aliphatic carbocycles. The highest BCUT2D eigenvalue weighted by Gasteiger charge is 2.19. The Bertz CT molecular complexity index is 317. The Morgan fingerprint density at radius 1 is 1.55 bits per heavy atom. The zero-order valence-electron chi connectivity index (χ0n) is 6.01. The SMILES string of the molecule is C[C@H]1SCc2[nH][nH]c(=O)c2S1. The van der Waals surface area contributed by atoms with Crippen LogP contribution in [-0.2, 0) is 5.75 Å². The van der Waals surface area contributed by atoms with Gasteiger partial charge in [-0.15, -0.1) is 23.5 Å². The van der Waals surface area contributed by atoms with Gasteiger partial charge in [-0.05, 0) is 6.92 Å². The third-order valence-corrected chi connectivity index (χ3v) is 4.17. The molecule has 3 nitrogen and oxygen atoms in total. The van der Waals surface area contributed by atoms with Gasteiger partial charge in [0.05, 0.1) is 15.2 Å². The molecule has 5 heteroatoms. The molecule has 2 heterocycles. The van der Waals surface area contributed by atoms with E-state index in [9.17, 15) is 4.79 Å². The van der Waals surface area contributed by atoms with E-state index in [4.69, 9.17) is 0 Å². The number of hydrogen-bond acceptors (Lipinski definition) is 3. The van der Waals surface area contributed by atoms with E-state index in [1.54, 1.807) is 11.8 Å². The molecule has 1 aliphatic rings. The highest BCUT2D eigenvalue weighted by Crippen LogP contribution is 2.37. The molecule has 0 aromatic carbocycles. The quantitative estimate of drug-likeness (QED) is 0.647. The van der Waals surface area contributed by atoms with Gasteiger partial charge in [-0.1, -0.05) is 0 Å². The van der Waals surface area contributed by atoms with Crippen LogP contribution < -0.4 is 5.56 Å². The molecule has 0 bridgehead atoms. The molecule has 0 fully saturated rings. The molecule has 0 radical (unpaired) electrons. The minimum Gasteiger partial charge on any atom is -0.300 e. The van der Waals surface area contributed by atoms with Crippen molar-refractivity contribution in [3.8, 4) is 0 Å². The van der Waals surface area contributed by atoms with Gasteiger partial charge in [0.1, 0.15) is 0 Å². The van der Waals surface area contributed by atoms with Crippen LogP contribution in [0.25, 0.3) is 0 Å². The minimum atomic E-state index is 0.0251. The Morgan fingerprint density at radius 3 is 3.18 bits per heavy atom. The molecule has 2 N–H and O–H groups in total. The normalized spacial score (nSPS) is 23.2. The van der Waals surface area contributed by atoms with Crippen molar-refractivity contribution in [3.63, 3.8) is 0 Å². The van der Waals surface area contributed by atoms with E-state index in [0.29, 0.717) is 4.58 Å². The van der Waals surface area contributed by atoms with Crippen LogP contribution in [-0.4, -0.2) is 14.8 Å². The number of thioether (sulfide) groups is 2. The van der Waals surface area contributed by atoms with Crippen LogP contribution >= 0.6 is 23.5 Å². The molecule has 1 aromatic heterocycles. The van der Waals surface area contributed by atoms with Crippen LogP contribution in [0.1, 0.15) is 12.6 Å². The average molecular weight is 188 g/mol. The summed E-state index contributed by atoms with van der Waals surface area (Å²) in [5, 5.41) is 5.45. The first-order chi connectivity index (χ1) is 5.27. The van der Waals surface area contributed by atoms with Crippen LogP contribution in [0.2, 0.25) is 0 Å². The molecule has 60 valence electrons. The number of aromatic nitrogens is 2. The van der Waals surface area contributed by atoms with Crippen molar-refractivity contribution in [2.75, 3.05) is 0 Å². The van der Waals surface area contributed by atoms with Crippen molar-refractivity contribution in [3.05, 3.63) is 16.0 Å². The van der Waals surface area contributed by atoms with E-state index in [1.165, 1.54) is 0 Å². The van der Waals surface area contributed by atoms with Gasteiger partial charge < -0.3 is 5.10 Å². The lowest BCUT2D eigenvalue weighted by atomic mass is 10.5. The van der Waals surface area contributed by atoms with Gasteiger partial charge in [0, 0.05) is 5.75 Å². The fraction of sp³-hybridized carbons (Fsp3) is 0.500. The van der Waals surface area contributed by atoms with Crippen molar-refractivity contribution >= 4 is 23.5 Å². The maximum absolute atomic E-state index is 11.1. The van der Waals surface area contributed by atoms with Crippen molar-refractivity contribution in [2.45, 2.75) is 22.2 Å². The van der Waals surface area contributed by atoms with E-state index in [2.05, 4.69) is 17.1 Å². The Labute approximate surface area is 72.3 Å². The van der Waals surface area contributed by atoms with Gasteiger partial charge in [-0.3, -0.25) is 9.89 Å². The monoisotopic (exact) mass is 188 g/mol. The maximum Gasteiger partial charge on any atom is 0.277 e. The van der Waals surface area contributed by atoms with Crippen LogP contribution in [0.3, 0.4) is 0 Å². The number of aromatic amines is 2. The fourth-order valence-corrected chi connectivity index (χ4v) is 3.24. The lowest BCUT2D eigenvalue weighted by molar-refractivity contribution is 1.01. The number of hydrogen-bond donors (Lipinski definition) is 2. The zero-order chi connectivity index (χ0) is 7.84. The summed E-state index contributed by atoms with van der Waals surface area (Å²) in [4.78, 5) is 12.0. The minimum absolute atomic E-state index is 0.0251. The Hall–Kier alpha value is -0.290. The lowest BCUT2D eigenvalue weighted by Crippen LogP contribution is -2.06. The Kier molecular flexibility index (Phi) is 1.77. The second-order valence-electron chi connectivity index (χ2n) is 2.38. The van der Waals surface area contributed by atoms with Gasteiger partial charge in [-0.2, -0.15) is 0 Å². The topological polar surface area (TPSA) is 48.6 Å². The highest BCUT2D eigenvalue weighted by atomic mass is 32.2. The smallest absolute Gasteiger partial charge is 0.277 e.